The van der Waals surface area contributed by atoms with Crippen LogP contribution in [0.25, 0.3) is 0 Å². The van der Waals surface area contributed by atoms with Gasteiger partial charge in [0, 0.05) is 0 Å². The van der Waals surface area contributed by atoms with Crippen molar-refractivity contribution in [3.05, 3.63) is 80.7 Å². The molecule has 1 amide bonds. The van der Waals surface area contributed by atoms with Gasteiger partial charge in [-0.15, -0.1) is 0 Å². The third-order valence-corrected chi connectivity index (χ3v) is 25.4. The summed E-state index contributed by atoms with van der Waals surface area (Å²) in [6.45, 7) is 11.1. The molecule has 0 bridgehead atoms. The predicted octanol–water partition coefficient (Wildman–Crippen LogP) is -2.15. The Bertz CT molecular complexity index is 876. The van der Waals surface area contributed by atoms with Crippen LogP contribution in [0, 0.1) is 5.92 Å². The van der Waals surface area contributed by atoms with Gasteiger partial charge in [-0.05, 0) is 0 Å². The maximum Gasteiger partial charge on any atom is -1.00 e. The molecule has 3 rings (SSSR count). The molecule has 0 aliphatic heterocycles. The van der Waals surface area contributed by atoms with E-state index < -0.39 is 27.1 Å². The smallest absolute Gasteiger partial charge is 1.00 e. The standard InChI is InChI=1S/C12H11Si.C9H13.C3H7NO.2ClH.Zr/c1-3-7-11(8-4-1)13-12-9-5-2-6-10-12;1-6-5-7(2)9(4)8(6)3;1-2-3(4)5;;;/h1-10,13H;6H,1-4H3;2H2,1H3,(H2,4,5);2*1H;/q;;;;;+3/p-3. The minimum Gasteiger partial charge on any atom is -1.00 e. The minimum absolute atomic E-state index is 0. The fourth-order valence-corrected chi connectivity index (χ4v) is 26.3. The van der Waals surface area contributed by atoms with Crippen LogP contribution >= 0.6 is 0 Å². The summed E-state index contributed by atoms with van der Waals surface area (Å²) < 4.78 is 5.24. The van der Waals surface area contributed by atoms with Crippen LogP contribution in [0.1, 0.15) is 41.0 Å². The zero-order valence-corrected chi connectivity index (χ0v) is 23.4. The van der Waals surface area contributed by atoms with E-state index in [1.807, 2.05) is 6.92 Å². The number of halogens is 2. The van der Waals surface area contributed by atoms with Crippen LogP contribution in [-0.4, -0.2) is 11.8 Å². The summed E-state index contributed by atoms with van der Waals surface area (Å²) in [6, 6.07) is 21.9. The van der Waals surface area contributed by atoms with Gasteiger partial charge in [0.05, 0.1) is 0 Å². The van der Waals surface area contributed by atoms with Gasteiger partial charge in [-0.1, -0.05) is 0 Å². The molecule has 2 aromatic rings. The number of carbonyl (C=O) groups excluding carboxylic acids is 1. The van der Waals surface area contributed by atoms with Crippen molar-refractivity contribution in [1.82, 2.24) is 3.26 Å². The molecule has 0 aromatic heterocycles. The molecule has 0 radical (unpaired) electrons. The number of hydrogen-bond acceptors (Lipinski definition) is 1. The van der Waals surface area contributed by atoms with Crippen LogP contribution < -0.4 is 38.4 Å². The van der Waals surface area contributed by atoms with Gasteiger partial charge in [0.25, 0.3) is 0 Å². The van der Waals surface area contributed by atoms with E-state index in [-0.39, 0.29) is 30.7 Å². The fraction of sp³-hybridized carbons (Fsp3) is 0.292. The number of rotatable bonds is 6. The summed E-state index contributed by atoms with van der Waals surface area (Å²) in [5, 5.41) is 2.91. The Labute approximate surface area is 202 Å². The monoisotopic (exact) mass is 536 g/mol. The molecule has 1 N–H and O–H groups in total. The van der Waals surface area contributed by atoms with Gasteiger partial charge in [-0.25, -0.2) is 0 Å². The molecule has 0 saturated carbocycles. The molecule has 0 saturated heterocycles. The summed E-state index contributed by atoms with van der Waals surface area (Å²) in [5.74, 6) is -0.871. The Kier molecular flexibility index (Phi) is 11.0. The molecule has 30 heavy (non-hydrogen) atoms. The summed E-state index contributed by atoms with van der Waals surface area (Å²) in [5.41, 5.74) is 4.35. The van der Waals surface area contributed by atoms with Gasteiger partial charge in [0.15, 0.2) is 0 Å². The molecule has 0 spiro atoms. The van der Waals surface area contributed by atoms with E-state index in [1.54, 1.807) is 3.28 Å². The van der Waals surface area contributed by atoms with Crippen LogP contribution in [0.4, 0.5) is 0 Å². The van der Waals surface area contributed by atoms with Gasteiger partial charge in [0.1, 0.15) is 0 Å². The molecule has 2 aromatic carbocycles. The second-order valence-electron chi connectivity index (χ2n) is 7.64. The van der Waals surface area contributed by atoms with Crippen LogP contribution in [-0.2, 0) is 26.0 Å². The SMILES string of the molecule is CCC(=O)[NH][Zr+2]([C]1=C(C)C(C)=C(C)C1C)[SiH](c1ccccc1)c1ccccc1.[Cl-].[Cl-]. The summed E-state index contributed by atoms with van der Waals surface area (Å²) in [6.07, 6.45) is 0.556. The number of carbonyl (C=O) groups is 1. The van der Waals surface area contributed by atoms with Gasteiger partial charge >= 0.3 is 179 Å². The van der Waals surface area contributed by atoms with Crippen molar-refractivity contribution in [2.75, 3.05) is 0 Å². The summed E-state index contributed by atoms with van der Waals surface area (Å²) in [4.78, 5) is 12.6. The number of hydrogen-bond donors (Lipinski definition) is 1. The average molecular weight is 539 g/mol. The molecule has 1 aliphatic rings. The van der Waals surface area contributed by atoms with Crippen molar-refractivity contribution in [2.45, 2.75) is 41.0 Å². The molecule has 1 atom stereocenters. The summed E-state index contributed by atoms with van der Waals surface area (Å²) >= 11 is -2.50. The topological polar surface area (TPSA) is 29.1 Å². The number of benzene rings is 2. The quantitative estimate of drug-likeness (QED) is 0.418. The zero-order chi connectivity index (χ0) is 20.3. The summed E-state index contributed by atoms with van der Waals surface area (Å²) in [7, 11) is 0. The first kappa shape index (κ1) is 27.1. The normalized spacial score (nSPS) is 15.6. The zero-order valence-electron chi connectivity index (χ0n) is 18.3. The van der Waals surface area contributed by atoms with Crippen LogP contribution in [0.15, 0.2) is 80.7 Å². The molecule has 2 nitrogen and oxygen atoms in total. The van der Waals surface area contributed by atoms with E-state index in [2.05, 4.69) is 91.6 Å². The van der Waals surface area contributed by atoms with Gasteiger partial charge in [0.2, 0.25) is 0 Å². The van der Waals surface area contributed by atoms with Crippen LogP contribution in [0.5, 0.6) is 0 Å². The Morgan fingerprint density at radius 2 is 1.37 bits per heavy atom. The van der Waals surface area contributed by atoms with Crippen molar-refractivity contribution in [1.29, 1.82) is 0 Å². The van der Waals surface area contributed by atoms with E-state index in [1.165, 1.54) is 27.1 Å². The molecular formula is C24H30Cl2NOSiZr. The van der Waals surface area contributed by atoms with Crippen molar-refractivity contribution < 1.29 is 50.8 Å². The minimum atomic E-state index is -2.50. The van der Waals surface area contributed by atoms with Crippen LogP contribution in [0.3, 0.4) is 0 Å². The first-order chi connectivity index (χ1) is 13.5. The first-order valence-corrected chi connectivity index (χ1v) is 18.6. The first-order valence-electron chi connectivity index (χ1n) is 10.1. The average Bonchev–Trinajstić information content (AvgIpc) is 2.92. The Balaban J connectivity index is 0.00000225. The molecule has 6 heteroatoms. The second-order valence-corrected chi connectivity index (χ2v) is 21.5. The third-order valence-electron chi connectivity index (χ3n) is 6.08. The van der Waals surface area contributed by atoms with Crippen molar-refractivity contribution in [3.63, 3.8) is 0 Å². The third kappa shape index (κ3) is 5.65. The van der Waals surface area contributed by atoms with E-state index >= 15 is 0 Å². The molecule has 0 fully saturated rings. The van der Waals surface area contributed by atoms with Crippen molar-refractivity contribution in [3.8, 4) is 0 Å². The fourth-order valence-electron chi connectivity index (χ4n) is 4.15. The van der Waals surface area contributed by atoms with E-state index in [0.717, 1.165) is 0 Å². The Morgan fingerprint density at radius 3 is 1.73 bits per heavy atom. The predicted molar refractivity (Wildman–Crippen MR) is 118 cm³/mol. The largest absolute Gasteiger partial charge is 1.00 e. The number of nitrogens with one attached hydrogen (secondary N) is 1. The Hall–Kier alpha value is -0.930. The van der Waals surface area contributed by atoms with Gasteiger partial charge in [-0.3, -0.25) is 0 Å². The maximum atomic E-state index is 12.6. The van der Waals surface area contributed by atoms with Crippen LogP contribution in [0.2, 0.25) is 0 Å². The maximum absolute atomic E-state index is 12.6. The van der Waals surface area contributed by atoms with E-state index in [4.69, 9.17) is 0 Å². The Morgan fingerprint density at radius 1 is 0.900 bits per heavy atom. The second kappa shape index (κ2) is 12.2. The van der Waals surface area contributed by atoms with Gasteiger partial charge < -0.3 is 24.8 Å². The molecule has 0 heterocycles. The van der Waals surface area contributed by atoms with E-state index in [0.29, 0.717) is 12.3 Å². The molecular weight excluding hydrogens is 508 g/mol. The van der Waals surface area contributed by atoms with E-state index in [9.17, 15) is 4.79 Å². The van der Waals surface area contributed by atoms with Crippen molar-refractivity contribution >= 4 is 22.2 Å². The molecule has 1 unspecified atom stereocenters. The van der Waals surface area contributed by atoms with Gasteiger partial charge in [-0.2, -0.15) is 0 Å². The van der Waals surface area contributed by atoms with Crippen molar-refractivity contribution in [2.24, 2.45) is 5.92 Å². The molecule has 159 valence electrons. The number of allylic oxidation sites excluding steroid dienone is 4. The molecule has 1 aliphatic carbocycles. The number of amides is 1.